The zero-order valence-corrected chi connectivity index (χ0v) is 28.8. The Labute approximate surface area is 278 Å². The number of likely N-dealkylation sites (tertiary alicyclic amines) is 2. The molecule has 3 saturated heterocycles. The first kappa shape index (κ1) is 33.1. The summed E-state index contributed by atoms with van der Waals surface area (Å²) in [6.45, 7) is 11.1. The number of unbranched alkanes of at least 4 members (excludes halogenated alkanes) is 1. The maximum Gasteiger partial charge on any atom is 0.410 e. The summed E-state index contributed by atoms with van der Waals surface area (Å²) in [5.74, 6) is 1.06. The molecule has 46 heavy (non-hydrogen) atoms. The standard InChI is InChI=1S/C35H51N7O3S/c1-4-5-12-28-24-42(23-27-10-7-6-8-11-27)34(44)45-35(28)15-21-40(22-16-35)29-13-19-41(20-14-29)31(43)30-25(2)38-33(39-26(30)3)46-32-36-17-9-18-37-32/h9,17-18,27-29H,4-8,10-16,19-24H2,1-3H3. The average Bonchev–Trinajstić information content (AvgIpc) is 3.06. The summed E-state index contributed by atoms with van der Waals surface area (Å²) < 4.78 is 6.46. The third kappa shape index (κ3) is 7.51. The molecule has 11 heteroatoms. The van der Waals surface area contributed by atoms with Gasteiger partial charge in [-0.25, -0.2) is 24.7 Å². The molecule has 1 saturated carbocycles. The zero-order valence-electron chi connectivity index (χ0n) is 28.0. The van der Waals surface area contributed by atoms with Crippen LogP contribution in [0.2, 0.25) is 0 Å². The van der Waals surface area contributed by atoms with Gasteiger partial charge in [0.25, 0.3) is 5.91 Å². The fourth-order valence-electron chi connectivity index (χ4n) is 8.29. The number of amides is 2. The van der Waals surface area contributed by atoms with Crippen molar-refractivity contribution in [1.82, 2.24) is 34.6 Å². The zero-order chi connectivity index (χ0) is 32.1. The van der Waals surface area contributed by atoms with Crippen molar-refractivity contribution in [3.63, 3.8) is 0 Å². The summed E-state index contributed by atoms with van der Waals surface area (Å²) in [6, 6.07) is 2.22. The first-order valence-electron chi connectivity index (χ1n) is 17.7. The maximum atomic E-state index is 13.7. The smallest absolute Gasteiger partial charge is 0.410 e. The van der Waals surface area contributed by atoms with Crippen LogP contribution in [-0.2, 0) is 4.74 Å². The molecule has 3 aliphatic heterocycles. The molecule has 2 amide bonds. The molecule has 1 aliphatic carbocycles. The molecule has 0 bridgehead atoms. The SMILES string of the molecule is CCCCC1CN(CC2CCCCC2)C(=O)OC12CCN(C1CCN(C(=O)c3c(C)nc(Sc4ncccn4)nc3C)CC1)CC2. The number of carbonyl (C=O) groups is 2. The van der Waals surface area contributed by atoms with E-state index in [1.165, 1.54) is 56.7 Å². The number of aryl methyl sites for hydroxylation is 2. The average molecular weight is 650 g/mol. The van der Waals surface area contributed by atoms with E-state index in [1.54, 1.807) is 18.5 Å². The Morgan fingerprint density at radius 3 is 2.28 bits per heavy atom. The minimum Gasteiger partial charge on any atom is -0.442 e. The second-order valence-corrected chi connectivity index (χ2v) is 14.9. The lowest BCUT2D eigenvalue weighted by molar-refractivity contribution is -0.127. The molecule has 0 N–H and O–H groups in total. The highest BCUT2D eigenvalue weighted by Crippen LogP contribution is 2.42. The molecule has 2 aromatic heterocycles. The molecule has 4 fully saturated rings. The van der Waals surface area contributed by atoms with Crippen molar-refractivity contribution in [2.24, 2.45) is 11.8 Å². The number of hydrogen-bond donors (Lipinski definition) is 0. The summed E-state index contributed by atoms with van der Waals surface area (Å²) in [4.78, 5) is 51.3. The van der Waals surface area contributed by atoms with Crippen LogP contribution in [0.5, 0.6) is 0 Å². The minimum absolute atomic E-state index is 0.0178. The van der Waals surface area contributed by atoms with Crippen molar-refractivity contribution in [3.8, 4) is 0 Å². The van der Waals surface area contributed by atoms with Crippen molar-refractivity contribution < 1.29 is 14.3 Å². The van der Waals surface area contributed by atoms with Gasteiger partial charge in [-0.05, 0) is 69.7 Å². The van der Waals surface area contributed by atoms with Crippen molar-refractivity contribution in [1.29, 1.82) is 0 Å². The van der Waals surface area contributed by atoms with Crippen LogP contribution in [-0.4, -0.2) is 97.5 Å². The first-order chi connectivity index (χ1) is 22.3. The highest BCUT2D eigenvalue weighted by atomic mass is 32.2. The molecule has 1 atom stereocenters. The quantitative estimate of drug-likeness (QED) is 0.289. The molecule has 0 radical (unpaired) electrons. The van der Waals surface area contributed by atoms with Gasteiger partial charge in [-0.1, -0.05) is 39.0 Å². The Kier molecular flexibility index (Phi) is 10.8. The van der Waals surface area contributed by atoms with E-state index in [4.69, 9.17) is 4.74 Å². The molecule has 5 heterocycles. The van der Waals surface area contributed by atoms with Crippen LogP contribution in [0.15, 0.2) is 28.8 Å². The van der Waals surface area contributed by atoms with Gasteiger partial charge in [0.05, 0.1) is 17.0 Å². The second-order valence-electron chi connectivity index (χ2n) is 13.9. The molecule has 250 valence electrons. The van der Waals surface area contributed by atoms with E-state index in [0.29, 0.717) is 45.1 Å². The third-order valence-corrected chi connectivity index (χ3v) is 11.7. The summed E-state index contributed by atoms with van der Waals surface area (Å²) in [5, 5.41) is 1.14. The van der Waals surface area contributed by atoms with Crippen LogP contribution in [0.4, 0.5) is 4.79 Å². The van der Waals surface area contributed by atoms with E-state index < -0.39 is 0 Å². The predicted octanol–water partition coefficient (Wildman–Crippen LogP) is 6.31. The van der Waals surface area contributed by atoms with Crippen molar-refractivity contribution in [2.75, 3.05) is 39.3 Å². The van der Waals surface area contributed by atoms with Crippen LogP contribution in [0.1, 0.15) is 106 Å². The number of carbonyl (C=O) groups excluding carboxylic acids is 2. The number of hydrogen-bond acceptors (Lipinski definition) is 9. The van der Waals surface area contributed by atoms with E-state index >= 15 is 0 Å². The first-order valence-corrected chi connectivity index (χ1v) is 18.5. The van der Waals surface area contributed by atoms with Gasteiger partial charge in [-0.3, -0.25) is 9.69 Å². The molecule has 6 rings (SSSR count). The Hall–Kier alpha value is -2.79. The fraction of sp³-hybridized carbons (Fsp3) is 0.714. The lowest BCUT2D eigenvalue weighted by atomic mass is 9.75. The van der Waals surface area contributed by atoms with E-state index in [0.717, 1.165) is 71.4 Å². The van der Waals surface area contributed by atoms with Crippen LogP contribution >= 0.6 is 11.8 Å². The van der Waals surface area contributed by atoms with Gasteiger partial charge in [-0.15, -0.1) is 0 Å². The molecule has 1 unspecified atom stereocenters. The lowest BCUT2D eigenvalue weighted by Crippen LogP contribution is -2.61. The fourth-order valence-corrected chi connectivity index (χ4v) is 9.05. The van der Waals surface area contributed by atoms with Gasteiger partial charge >= 0.3 is 6.09 Å². The monoisotopic (exact) mass is 649 g/mol. The largest absolute Gasteiger partial charge is 0.442 e. The van der Waals surface area contributed by atoms with E-state index in [1.807, 2.05) is 18.7 Å². The highest BCUT2D eigenvalue weighted by molar-refractivity contribution is 7.99. The van der Waals surface area contributed by atoms with E-state index in [-0.39, 0.29) is 17.6 Å². The maximum absolute atomic E-state index is 13.7. The Balaban J connectivity index is 1.03. The van der Waals surface area contributed by atoms with E-state index in [2.05, 4.69) is 36.7 Å². The lowest BCUT2D eigenvalue weighted by Gasteiger charge is -2.52. The van der Waals surface area contributed by atoms with Gasteiger partial charge in [0, 0.05) is 76.5 Å². The number of rotatable bonds is 9. The summed E-state index contributed by atoms with van der Waals surface area (Å²) in [7, 11) is 0. The van der Waals surface area contributed by atoms with Crippen LogP contribution in [0.25, 0.3) is 0 Å². The molecule has 10 nitrogen and oxygen atoms in total. The molecule has 2 aromatic rings. The Morgan fingerprint density at radius 2 is 1.63 bits per heavy atom. The summed E-state index contributed by atoms with van der Waals surface area (Å²) in [6.07, 6.45) is 17.0. The van der Waals surface area contributed by atoms with Crippen molar-refractivity contribution >= 4 is 23.8 Å². The van der Waals surface area contributed by atoms with Gasteiger partial charge in [0.2, 0.25) is 0 Å². The predicted molar refractivity (Wildman–Crippen MR) is 178 cm³/mol. The number of aromatic nitrogens is 4. The molecular formula is C35H51N7O3S. The number of nitrogens with zero attached hydrogens (tertiary/aromatic N) is 7. The number of ether oxygens (including phenoxy) is 1. The number of piperidine rings is 2. The molecule has 1 spiro atoms. The molecule has 0 aromatic carbocycles. The summed E-state index contributed by atoms with van der Waals surface area (Å²) >= 11 is 1.30. The van der Waals surface area contributed by atoms with Gasteiger partial charge in [-0.2, -0.15) is 0 Å². The molecule has 4 aliphatic rings. The van der Waals surface area contributed by atoms with E-state index in [9.17, 15) is 9.59 Å². The van der Waals surface area contributed by atoms with Crippen LogP contribution < -0.4 is 0 Å². The van der Waals surface area contributed by atoms with Crippen LogP contribution in [0, 0.1) is 25.7 Å². The van der Waals surface area contributed by atoms with Gasteiger partial charge < -0.3 is 14.5 Å². The van der Waals surface area contributed by atoms with Crippen LogP contribution in [0.3, 0.4) is 0 Å². The Morgan fingerprint density at radius 1 is 0.957 bits per heavy atom. The van der Waals surface area contributed by atoms with Gasteiger partial charge in [0.1, 0.15) is 5.60 Å². The Bertz CT molecular complexity index is 1320. The highest BCUT2D eigenvalue weighted by Gasteiger charge is 2.50. The van der Waals surface area contributed by atoms with Gasteiger partial charge in [0.15, 0.2) is 10.3 Å². The summed E-state index contributed by atoms with van der Waals surface area (Å²) in [5.41, 5.74) is 1.66. The second kappa shape index (κ2) is 15.0. The third-order valence-electron chi connectivity index (χ3n) is 10.9. The normalized spacial score (nSPS) is 23.1. The molecular weight excluding hydrogens is 598 g/mol. The minimum atomic E-state index is -0.325. The topological polar surface area (TPSA) is 105 Å². The van der Waals surface area contributed by atoms with Crippen molar-refractivity contribution in [2.45, 2.75) is 120 Å². The van der Waals surface area contributed by atoms with Crippen molar-refractivity contribution in [3.05, 3.63) is 35.4 Å².